The third-order valence-electron chi connectivity index (χ3n) is 2.88. The van der Waals surface area contributed by atoms with Gasteiger partial charge in [-0.2, -0.15) is 0 Å². The van der Waals surface area contributed by atoms with Gasteiger partial charge in [-0.1, -0.05) is 0 Å². The van der Waals surface area contributed by atoms with E-state index < -0.39 is 0 Å². The van der Waals surface area contributed by atoms with Crippen LogP contribution in [0.4, 0.5) is 11.6 Å². The molecule has 0 unspecified atom stereocenters. The summed E-state index contributed by atoms with van der Waals surface area (Å²) in [4.78, 5) is 13.6. The Balaban J connectivity index is 1.94. The molecular weight excluding hydrogens is 240 g/mol. The SMILES string of the molecule is CNCCN(C)c1cc(NCc2cc[nH]c2)ncn1. The maximum absolute atomic E-state index is 4.28. The Labute approximate surface area is 113 Å². The zero-order chi connectivity index (χ0) is 13.5. The summed E-state index contributed by atoms with van der Waals surface area (Å²) in [6, 6.07) is 4.00. The van der Waals surface area contributed by atoms with Crippen LogP contribution >= 0.6 is 0 Å². The zero-order valence-electron chi connectivity index (χ0n) is 11.3. The first kappa shape index (κ1) is 13.4. The van der Waals surface area contributed by atoms with Gasteiger partial charge in [0.1, 0.15) is 18.0 Å². The summed E-state index contributed by atoms with van der Waals surface area (Å²) < 4.78 is 0. The van der Waals surface area contributed by atoms with Gasteiger partial charge in [-0.05, 0) is 18.7 Å². The van der Waals surface area contributed by atoms with Crippen molar-refractivity contribution in [3.05, 3.63) is 36.4 Å². The second-order valence-electron chi connectivity index (χ2n) is 4.36. The van der Waals surface area contributed by atoms with Gasteiger partial charge in [0.15, 0.2) is 0 Å². The van der Waals surface area contributed by atoms with Gasteiger partial charge in [-0.3, -0.25) is 0 Å². The summed E-state index contributed by atoms with van der Waals surface area (Å²) in [5.41, 5.74) is 1.20. The summed E-state index contributed by atoms with van der Waals surface area (Å²) in [5, 5.41) is 6.41. The highest BCUT2D eigenvalue weighted by Gasteiger charge is 2.03. The van der Waals surface area contributed by atoms with Crippen LogP contribution in [-0.2, 0) is 6.54 Å². The molecule has 2 rings (SSSR count). The normalized spacial score (nSPS) is 10.4. The molecule has 0 spiro atoms. The summed E-state index contributed by atoms with van der Waals surface area (Å²) in [5.74, 6) is 1.75. The lowest BCUT2D eigenvalue weighted by atomic mass is 10.3. The lowest BCUT2D eigenvalue weighted by Gasteiger charge is -2.18. The van der Waals surface area contributed by atoms with E-state index in [1.807, 2.05) is 38.6 Å². The number of nitrogens with zero attached hydrogens (tertiary/aromatic N) is 3. The molecule has 0 fully saturated rings. The molecule has 2 heterocycles. The fourth-order valence-corrected chi connectivity index (χ4v) is 1.71. The van der Waals surface area contributed by atoms with Crippen LogP contribution in [0.1, 0.15) is 5.56 Å². The van der Waals surface area contributed by atoms with Crippen molar-refractivity contribution in [1.82, 2.24) is 20.3 Å². The predicted molar refractivity (Wildman–Crippen MR) is 77.3 cm³/mol. The van der Waals surface area contributed by atoms with Crippen molar-refractivity contribution < 1.29 is 0 Å². The van der Waals surface area contributed by atoms with Gasteiger partial charge >= 0.3 is 0 Å². The van der Waals surface area contributed by atoms with Crippen molar-refractivity contribution in [2.75, 3.05) is 37.4 Å². The van der Waals surface area contributed by atoms with Gasteiger partial charge in [0.05, 0.1) is 0 Å². The molecule has 2 aromatic rings. The number of hydrogen-bond donors (Lipinski definition) is 3. The molecule has 2 aromatic heterocycles. The average molecular weight is 260 g/mol. The molecule has 0 aliphatic carbocycles. The zero-order valence-corrected chi connectivity index (χ0v) is 11.3. The molecule has 0 saturated carbocycles. The summed E-state index contributed by atoms with van der Waals surface area (Å²) in [6.45, 7) is 2.58. The number of aromatic amines is 1. The molecule has 0 aromatic carbocycles. The molecule has 0 bridgehead atoms. The molecule has 102 valence electrons. The van der Waals surface area contributed by atoms with Crippen LogP contribution in [0.5, 0.6) is 0 Å². The van der Waals surface area contributed by atoms with Crippen molar-refractivity contribution in [2.24, 2.45) is 0 Å². The summed E-state index contributed by atoms with van der Waals surface area (Å²) >= 11 is 0. The Morgan fingerprint density at radius 2 is 2.26 bits per heavy atom. The van der Waals surface area contributed by atoms with Crippen molar-refractivity contribution in [3.8, 4) is 0 Å². The minimum Gasteiger partial charge on any atom is -0.367 e. The van der Waals surface area contributed by atoms with Gasteiger partial charge in [-0.15, -0.1) is 0 Å². The number of anilines is 2. The van der Waals surface area contributed by atoms with Crippen LogP contribution in [0, 0.1) is 0 Å². The van der Waals surface area contributed by atoms with Crippen molar-refractivity contribution in [2.45, 2.75) is 6.54 Å². The number of rotatable bonds is 7. The van der Waals surface area contributed by atoms with E-state index >= 15 is 0 Å². The van der Waals surface area contributed by atoms with E-state index in [4.69, 9.17) is 0 Å². The van der Waals surface area contributed by atoms with Gasteiger partial charge in [-0.25, -0.2) is 9.97 Å². The van der Waals surface area contributed by atoms with E-state index in [2.05, 4.69) is 30.5 Å². The van der Waals surface area contributed by atoms with Crippen LogP contribution in [-0.4, -0.2) is 42.1 Å². The number of aromatic nitrogens is 3. The lowest BCUT2D eigenvalue weighted by molar-refractivity contribution is 0.760. The van der Waals surface area contributed by atoms with E-state index in [1.54, 1.807) is 6.33 Å². The summed E-state index contributed by atoms with van der Waals surface area (Å²) in [6.07, 6.45) is 5.47. The molecule has 19 heavy (non-hydrogen) atoms. The Morgan fingerprint density at radius 3 is 3.00 bits per heavy atom. The van der Waals surface area contributed by atoms with E-state index in [0.29, 0.717) is 0 Å². The minimum atomic E-state index is 0.750. The third-order valence-corrected chi connectivity index (χ3v) is 2.88. The highest BCUT2D eigenvalue weighted by atomic mass is 15.2. The number of nitrogens with one attached hydrogen (secondary N) is 3. The Kier molecular flexibility index (Phi) is 4.74. The maximum atomic E-state index is 4.28. The lowest BCUT2D eigenvalue weighted by Crippen LogP contribution is -2.27. The Bertz CT molecular complexity index is 482. The fraction of sp³-hybridized carbons (Fsp3) is 0.385. The second-order valence-corrected chi connectivity index (χ2v) is 4.36. The molecule has 0 atom stereocenters. The van der Waals surface area contributed by atoms with E-state index in [-0.39, 0.29) is 0 Å². The Morgan fingerprint density at radius 1 is 1.37 bits per heavy atom. The minimum absolute atomic E-state index is 0.750. The average Bonchev–Trinajstić information content (AvgIpc) is 2.96. The van der Waals surface area contributed by atoms with Gasteiger partial charge in [0.25, 0.3) is 0 Å². The largest absolute Gasteiger partial charge is 0.367 e. The van der Waals surface area contributed by atoms with Crippen LogP contribution < -0.4 is 15.5 Å². The van der Waals surface area contributed by atoms with Crippen LogP contribution in [0.15, 0.2) is 30.9 Å². The van der Waals surface area contributed by atoms with Gasteiger partial charge in [0, 0.05) is 45.1 Å². The predicted octanol–water partition coefficient (Wildman–Crippen LogP) is 1.07. The van der Waals surface area contributed by atoms with Crippen LogP contribution in [0.2, 0.25) is 0 Å². The van der Waals surface area contributed by atoms with E-state index in [0.717, 1.165) is 31.3 Å². The molecule has 6 nitrogen and oxygen atoms in total. The second kappa shape index (κ2) is 6.75. The summed E-state index contributed by atoms with van der Waals surface area (Å²) in [7, 11) is 3.97. The molecule has 0 saturated heterocycles. The topological polar surface area (TPSA) is 68.9 Å². The number of likely N-dealkylation sites (N-methyl/N-ethyl adjacent to an activating group) is 2. The molecule has 0 amide bonds. The Hall–Kier alpha value is -2.08. The fourth-order valence-electron chi connectivity index (χ4n) is 1.71. The molecule has 0 aliphatic heterocycles. The van der Waals surface area contributed by atoms with Gasteiger partial charge in [0.2, 0.25) is 0 Å². The first-order chi connectivity index (χ1) is 9.29. The quantitative estimate of drug-likeness (QED) is 0.695. The van der Waals surface area contributed by atoms with Crippen molar-refractivity contribution >= 4 is 11.6 Å². The molecule has 0 radical (unpaired) electrons. The highest BCUT2D eigenvalue weighted by molar-refractivity contribution is 5.48. The number of hydrogen-bond acceptors (Lipinski definition) is 5. The smallest absolute Gasteiger partial charge is 0.133 e. The number of H-pyrrole nitrogens is 1. The molecular formula is C13H20N6. The maximum Gasteiger partial charge on any atom is 0.133 e. The molecule has 3 N–H and O–H groups in total. The van der Waals surface area contributed by atoms with E-state index in [9.17, 15) is 0 Å². The molecule has 0 aliphatic rings. The van der Waals surface area contributed by atoms with Crippen molar-refractivity contribution in [3.63, 3.8) is 0 Å². The van der Waals surface area contributed by atoms with Gasteiger partial charge < -0.3 is 20.5 Å². The first-order valence-electron chi connectivity index (χ1n) is 6.33. The first-order valence-corrected chi connectivity index (χ1v) is 6.33. The highest BCUT2D eigenvalue weighted by Crippen LogP contribution is 2.13. The van der Waals surface area contributed by atoms with Crippen LogP contribution in [0.25, 0.3) is 0 Å². The monoisotopic (exact) mass is 260 g/mol. The van der Waals surface area contributed by atoms with Crippen LogP contribution in [0.3, 0.4) is 0 Å². The molecule has 6 heteroatoms. The third kappa shape index (κ3) is 3.96. The van der Waals surface area contributed by atoms with Crippen molar-refractivity contribution in [1.29, 1.82) is 0 Å². The van der Waals surface area contributed by atoms with E-state index in [1.165, 1.54) is 5.56 Å². The standard InChI is InChI=1S/C13H20N6/c1-14-5-6-19(2)13-7-12(17-10-18-13)16-9-11-3-4-15-8-11/h3-4,7-8,10,14-15H,5-6,9H2,1-2H3,(H,16,17,18).